The summed E-state index contributed by atoms with van der Waals surface area (Å²) in [6.07, 6.45) is 2.56. The van der Waals surface area contributed by atoms with Gasteiger partial charge in [0, 0.05) is 13.2 Å². The van der Waals surface area contributed by atoms with Gasteiger partial charge >= 0.3 is 207 Å². The van der Waals surface area contributed by atoms with Crippen LogP contribution in [0, 0.1) is 0 Å². The molecule has 10 heteroatoms. The van der Waals surface area contributed by atoms with E-state index in [0.717, 1.165) is 18.9 Å². The molecular formula is C38H37NO8Si. The molecule has 8 rings (SSSR count). The Morgan fingerprint density at radius 1 is 0.500 bits per heavy atom. The first-order chi connectivity index (χ1) is 23.3. The third-order valence-corrected chi connectivity index (χ3v) is 10.5. The molecule has 0 amide bonds. The fraction of sp³-hybridized carbons (Fsp3) is 0.158. The van der Waals surface area contributed by atoms with Crippen molar-refractivity contribution in [1.82, 2.24) is 0 Å². The van der Waals surface area contributed by atoms with E-state index in [2.05, 4.69) is 5.73 Å². The molecule has 246 valence electrons. The van der Waals surface area contributed by atoms with Gasteiger partial charge in [-0.05, 0) is 25.0 Å². The molecule has 0 aliphatic carbocycles. The number of carbonyl (C=O) groups excluding carboxylic acids is 2. The molecule has 1 spiro atoms. The van der Waals surface area contributed by atoms with Gasteiger partial charge in [0.25, 0.3) is 0 Å². The minimum absolute atomic E-state index is 0.388. The molecule has 3 fully saturated rings. The molecule has 0 atom stereocenters. The molecule has 3 aliphatic rings. The molecule has 0 unspecified atom stereocenters. The van der Waals surface area contributed by atoms with Gasteiger partial charge in [-0.25, -0.2) is 0 Å². The first-order valence-corrected chi connectivity index (χ1v) is 17.8. The zero-order valence-electron chi connectivity index (χ0n) is 26.3. The van der Waals surface area contributed by atoms with Gasteiger partial charge in [0.2, 0.25) is 0 Å². The van der Waals surface area contributed by atoms with Crippen LogP contribution >= 0.6 is 0 Å². The Bertz CT molecular complexity index is 1620. The third kappa shape index (κ3) is 6.32. The third-order valence-electron chi connectivity index (χ3n) is 8.14. The van der Waals surface area contributed by atoms with Crippen LogP contribution in [0.2, 0.25) is 0 Å². The van der Waals surface area contributed by atoms with Gasteiger partial charge in [-0.2, -0.15) is 0 Å². The van der Waals surface area contributed by atoms with Crippen LogP contribution in [0.5, 0.6) is 0 Å². The van der Waals surface area contributed by atoms with Crippen LogP contribution in [0.25, 0.3) is 0 Å². The second-order valence-electron chi connectivity index (χ2n) is 11.5. The Balaban J connectivity index is 0.000000280. The number of carbonyl (C=O) groups is 2. The van der Waals surface area contributed by atoms with Crippen molar-refractivity contribution >= 4 is 26.2 Å². The minimum atomic E-state index is -6.14. The number of hydrogen-bond acceptors (Lipinski definition) is 8. The van der Waals surface area contributed by atoms with E-state index in [1.54, 1.807) is 121 Å². The SMILES string of the molecule is C1CCOC1.O=C1O[Si-]2(O)(OC(=O)C(c3ccccc3)(c3ccccc3)O2)OC1(c1ccccc1)c1ccccc1.[NH3+]c1ccccc1. The summed E-state index contributed by atoms with van der Waals surface area (Å²) in [5, 5.41) is 0. The summed E-state index contributed by atoms with van der Waals surface area (Å²) in [4.78, 5) is 39.4. The summed E-state index contributed by atoms with van der Waals surface area (Å²) < 4.78 is 28.5. The summed E-state index contributed by atoms with van der Waals surface area (Å²) >= 11 is 0. The van der Waals surface area contributed by atoms with E-state index in [9.17, 15) is 14.4 Å². The molecule has 0 saturated carbocycles. The van der Waals surface area contributed by atoms with Crippen LogP contribution in [0.15, 0.2) is 152 Å². The molecule has 3 saturated heterocycles. The zero-order chi connectivity index (χ0) is 33.5. The fourth-order valence-corrected chi connectivity index (χ4v) is 8.71. The molecule has 3 aliphatic heterocycles. The maximum Gasteiger partial charge on any atom is 0.127 e. The summed E-state index contributed by atoms with van der Waals surface area (Å²) in [5.41, 5.74) is 2.50. The van der Waals surface area contributed by atoms with E-state index >= 15 is 0 Å². The van der Waals surface area contributed by atoms with Gasteiger partial charge in [0.05, 0.1) is 0 Å². The molecule has 4 N–H and O–H groups in total. The van der Waals surface area contributed by atoms with Crippen LogP contribution in [0.3, 0.4) is 0 Å². The summed E-state index contributed by atoms with van der Waals surface area (Å²) in [5.74, 6) is -1.89. The summed E-state index contributed by atoms with van der Waals surface area (Å²) in [6, 6.07) is 44.2. The Labute approximate surface area is 279 Å². The second-order valence-corrected chi connectivity index (χ2v) is 14.0. The average Bonchev–Trinajstić information content (AvgIpc) is 3.85. The Hall–Kier alpha value is -4.94. The van der Waals surface area contributed by atoms with E-state index in [0.29, 0.717) is 22.3 Å². The second kappa shape index (κ2) is 13.7. The van der Waals surface area contributed by atoms with E-state index in [-0.39, 0.29) is 0 Å². The van der Waals surface area contributed by atoms with Crippen molar-refractivity contribution < 1.29 is 42.6 Å². The quantitative estimate of drug-likeness (QED) is 0.250. The van der Waals surface area contributed by atoms with Gasteiger partial charge in [-0.3, -0.25) is 0 Å². The van der Waals surface area contributed by atoms with Crippen molar-refractivity contribution in [3.05, 3.63) is 174 Å². The number of ether oxygens (including phenoxy) is 1. The van der Waals surface area contributed by atoms with Gasteiger partial charge in [0.1, 0.15) is 5.69 Å². The molecule has 9 nitrogen and oxygen atoms in total. The van der Waals surface area contributed by atoms with Gasteiger partial charge < -0.3 is 10.5 Å². The van der Waals surface area contributed by atoms with E-state index < -0.39 is 31.7 Å². The minimum Gasteiger partial charge on any atom is -0.325 e. The van der Waals surface area contributed by atoms with Crippen molar-refractivity contribution in [2.75, 3.05) is 13.2 Å². The number of benzene rings is 5. The van der Waals surface area contributed by atoms with Crippen LogP contribution in [-0.2, 0) is 43.2 Å². The van der Waals surface area contributed by atoms with Crippen LogP contribution < -0.4 is 5.73 Å². The van der Waals surface area contributed by atoms with Crippen LogP contribution in [-0.4, -0.2) is 38.5 Å². The zero-order valence-corrected chi connectivity index (χ0v) is 27.3. The standard InChI is InChI=1S/C28H21O7Si.C6H7N.C4H8O/c29-25-27(21-13-5-1-6-14-21,22-15-7-2-8-16-22)34-36(31,32-25)33-26(30)28(35-36,23-17-9-3-10-18-23)24-19-11-4-12-20-24;7-6-4-2-1-3-5-6;1-2-4-5-3-1/h1-20,31H;1-5H,7H2;1-4H2/q-1;;/p+1. The molecule has 5 aromatic rings. The van der Waals surface area contributed by atoms with Crippen molar-refractivity contribution in [3.8, 4) is 0 Å². The van der Waals surface area contributed by atoms with Crippen molar-refractivity contribution in [2.24, 2.45) is 0 Å². The van der Waals surface area contributed by atoms with Crippen molar-refractivity contribution in [1.29, 1.82) is 0 Å². The molecule has 48 heavy (non-hydrogen) atoms. The van der Waals surface area contributed by atoms with E-state index in [4.69, 9.17) is 22.4 Å². The Kier molecular flexibility index (Phi) is 9.38. The van der Waals surface area contributed by atoms with Gasteiger partial charge in [-0.15, -0.1) is 0 Å². The largest absolute Gasteiger partial charge is 0.325 e. The molecule has 5 aromatic carbocycles. The van der Waals surface area contributed by atoms with Crippen LogP contribution in [0.4, 0.5) is 5.69 Å². The maximum atomic E-state index is 13.7. The predicted octanol–water partition coefficient (Wildman–Crippen LogP) is 5.26. The number of hydrogen-bond donors (Lipinski definition) is 2. The first-order valence-electron chi connectivity index (χ1n) is 15.7. The topological polar surface area (TPSA) is 128 Å². The normalized spacial score (nSPS) is 20.1. The molecule has 0 aromatic heterocycles. The molecule has 3 heterocycles. The van der Waals surface area contributed by atoms with E-state index in [1.165, 1.54) is 12.8 Å². The summed E-state index contributed by atoms with van der Waals surface area (Å²) in [7, 11) is -6.14. The van der Waals surface area contributed by atoms with Gasteiger partial charge in [-0.1, -0.05) is 18.2 Å². The van der Waals surface area contributed by atoms with Crippen molar-refractivity contribution in [2.45, 2.75) is 24.0 Å². The number of rotatable bonds is 4. The molecular weight excluding hydrogens is 627 g/mol. The molecule has 0 radical (unpaired) electrons. The fourth-order valence-electron chi connectivity index (χ4n) is 5.89. The number of quaternary nitrogens is 1. The smallest absolute Gasteiger partial charge is 0.127 e. The first kappa shape index (κ1) is 33.0. The molecule has 0 bridgehead atoms. The van der Waals surface area contributed by atoms with E-state index in [1.807, 2.05) is 30.3 Å². The summed E-state index contributed by atoms with van der Waals surface area (Å²) in [6.45, 7) is 2.00. The maximum absolute atomic E-state index is 13.7. The monoisotopic (exact) mass is 663 g/mol. The predicted molar refractivity (Wildman–Crippen MR) is 179 cm³/mol. The van der Waals surface area contributed by atoms with Gasteiger partial charge in [0.15, 0.2) is 0 Å². The van der Waals surface area contributed by atoms with Crippen LogP contribution in [0.1, 0.15) is 35.1 Å². The van der Waals surface area contributed by atoms with Crippen molar-refractivity contribution in [3.63, 3.8) is 0 Å². The average molecular weight is 664 g/mol. The Morgan fingerprint density at radius 2 is 0.792 bits per heavy atom. The Morgan fingerprint density at radius 3 is 1.02 bits per heavy atom.